The standard InChI is InChI=1S/C19H25N3O7S/c1-12-6-7-15(8-13(12)2)22(10-17(24)19(26)18(25)11-23)21-20-14-4-3-5-16(9-14)30(27,28)29/h3-9,17-19,23-26H,10-11H2,1-2H3,(H,27,28,29). The van der Waals surface area contributed by atoms with Crippen LogP contribution in [0.3, 0.4) is 0 Å². The second-order valence-electron chi connectivity index (χ2n) is 6.82. The molecule has 30 heavy (non-hydrogen) atoms. The third-order valence-corrected chi connectivity index (χ3v) is 5.36. The molecule has 2 rings (SSSR count). The molecule has 0 aromatic heterocycles. The quantitative estimate of drug-likeness (QED) is 0.220. The lowest BCUT2D eigenvalue weighted by Gasteiger charge is -2.26. The van der Waals surface area contributed by atoms with E-state index < -0.39 is 35.0 Å². The molecule has 0 saturated carbocycles. The first-order valence-corrected chi connectivity index (χ1v) is 10.5. The Kier molecular flexibility index (Phi) is 8.01. The summed E-state index contributed by atoms with van der Waals surface area (Å²) in [7, 11) is -4.41. The van der Waals surface area contributed by atoms with Crippen LogP contribution < -0.4 is 5.01 Å². The molecule has 2 aromatic carbocycles. The minimum absolute atomic E-state index is 0.129. The van der Waals surface area contributed by atoms with Crippen LogP contribution in [0.15, 0.2) is 57.7 Å². The van der Waals surface area contributed by atoms with Gasteiger partial charge in [-0.1, -0.05) is 17.4 Å². The third kappa shape index (κ3) is 6.29. The van der Waals surface area contributed by atoms with Gasteiger partial charge in [0.1, 0.15) is 18.3 Å². The maximum Gasteiger partial charge on any atom is 0.294 e. The molecule has 0 aliphatic rings. The lowest BCUT2D eigenvalue weighted by Crippen LogP contribution is -2.44. The summed E-state index contributed by atoms with van der Waals surface area (Å²) >= 11 is 0. The maximum absolute atomic E-state index is 11.3. The Balaban J connectivity index is 2.36. The maximum atomic E-state index is 11.3. The van der Waals surface area contributed by atoms with Crippen molar-refractivity contribution in [1.82, 2.24) is 0 Å². The van der Waals surface area contributed by atoms with Crippen molar-refractivity contribution in [2.75, 3.05) is 18.2 Å². The van der Waals surface area contributed by atoms with Crippen LogP contribution in [0.4, 0.5) is 11.4 Å². The van der Waals surface area contributed by atoms with Crippen molar-refractivity contribution in [2.24, 2.45) is 10.3 Å². The Morgan fingerprint density at radius 1 is 1.00 bits per heavy atom. The average molecular weight is 439 g/mol. The predicted octanol–water partition coefficient (Wildman–Crippen LogP) is 1.13. The minimum atomic E-state index is -4.41. The molecule has 3 atom stereocenters. The topological polar surface area (TPSA) is 163 Å². The van der Waals surface area contributed by atoms with E-state index in [1.165, 1.54) is 23.2 Å². The van der Waals surface area contributed by atoms with Gasteiger partial charge in [0.05, 0.1) is 29.4 Å². The van der Waals surface area contributed by atoms with E-state index in [2.05, 4.69) is 10.3 Å². The van der Waals surface area contributed by atoms with E-state index in [1.54, 1.807) is 12.1 Å². The van der Waals surface area contributed by atoms with Crippen LogP contribution in [0, 0.1) is 13.8 Å². The van der Waals surface area contributed by atoms with Crippen molar-refractivity contribution in [3.63, 3.8) is 0 Å². The van der Waals surface area contributed by atoms with Crippen LogP contribution in [0.2, 0.25) is 0 Å². The van der Waals surface area contributed by atoms with Gasteiger partial charge in [0.2, 0.25) is 0 Å². The fraction of sp³-hybridized carbons (Fsp3) is 0.368. The van der Waals surface area contributed by atoms with Crippen molar-refractivity contribution in [1.29, 1.82) is 0 Å². The molecule has 5 N–H and O–H groups in total. The lowest BCUT2D eigenvalue weighted by atomic mass is 10.1. The molecule has 2 aromatic rings. The second-order valence-corrected chi connectivity index (χ2v) is 8.24. The molecule has 164 valence electrons. The zero-order chi connectivity index (χ0) is 22.5. The van der Waals surface area contributed by atoms with Crippen LogP contribution in [0.25, 0.3) is 0 Å². The summed E-state index contributed by atoms with van der Waals surface area (Å²) in [6.45, 7) is 2.79. The molecule has 10 nitrogen and oxygen atoms in total. The Morgan fingerprint density at radius 3 is 2.30 bits per heavy atom. The molecule has 0 spiro atoms. The highest BCUT2D eigenvalue weighted by Gasteiger charge is 2.26. The van der Waals surface area contributed by atoms with E-state index >= 15 is 0 Å². The van der Waals surface area contributed by atoms with Crippen LogP contribution in [-0.4, -0.2) is 64.9 Å². The highest BCUT2D eigenvalue weighted by molar-refractivity contribution is 7.85. The molecule has 0 aliphatic carbocycles. The molecule has 0 amide bonds. The molecule has 0 aliphatic heterocycles. The molecular formula is C19H25N3O7S. The van der Waals surface area contributed by atoms with Gasteiger partial charge >= 0.3 is 0 Å². The number of hydrogen-bond donors (Lipinski definition) is 5. The lowest BCUT2D eigenvalue weighted by molar-refractivity contribution is -0.0732. The number of aryl methyl sites for hydroxylation is 2. The summed E-state index contributed by atoms with van der Waals surface area (Å²) in [6, 6.07) is 10.5. The second kappa shape index (κ2) is 10.1. The summed E-state index contributed by atoms with van der Waals surface area (Å²) in [6.07, 6.45) is -4.64. The predicted molar refractivity (Wildman–Crippen MR) is 109 cm³/mol. The normalized spacial score (nSPS) is 15.2. The zero-order valence-electron chi connectivity index (χ0n) is 16.5. The third-order valence-electron chi connectivity index (χ3n) is 4.51. The van der Waals surface area contributed by atoms with Crippen LogP contribution in [0.1, 0.15) is 11.1 Å². The van der Waals surface area contributed by atoms with Gasteiger partial charge in [0, 0.05) is 0 Å². The van der Waals surface area contributed by atoms with Gasteiger partial charge in [-0.25, -0.2) is 5.01 Å². The van der Waals surface area contributed by atoms with Gasteiger partial charge in [-0.3, -0.25) is 4.55 Å². The van der Waals surface area contributed by atoms with Gasteiger partial charge in [-0.15, -0.1) is 5.11 Å². The van der Waals surface area contributed by atoms with Crippen molar-refractivity contribution in [3.8, 4) is 0 Å². The molecule has 0 saturated heterocycles. The molecule has 11 heteroatoms. The van der Waals surface area contributed by atoms with Gasteiger partial charge in [-0.05, 0) is 55.3 Å². The molecule has 3 unspecified atom stereocenters. The fourth-order valence-corrected chi connectivity index (χ4v) is 3.06. The first-order valence-electron chi connectivity index (χ1n) is 9.02. The van der Waals surface area contributed by atoms with Gasteiger partial charge in [-0.2, -0.15) is 8.42 Å². The number of rotatable bonds is 9. The largest absolute Gasteiger partial charge is 0.394 e. The number of benzene rings is 2. The summed E-state index contributed by atoms with van der Waals surface area (Å²) < 4.78 is 31.8. The number of nitrogens with zero attached hydrogens (tertiary/aromatic N) is 3. The minimum Gasteiger partial charge on any atom is -0.394 e. The Morgan fingerprint density at radius 2 is 1.70 bits per heavy atom. The van der Waals surface area contributed by atoms with E-state index in [9.17, 15) is 23.7 Å². The Labute approximate surface area is 174 Å². The molecule has 0 heterocycles. The van der Waals surface area contributed by atoms with Crippen molar-refractivity contribution in [3.05, 3.63) is 53.6 Å². The smallest absolute Gasteiger partial charge is 0.294 e. The summed E-state index contributed by atoms with van der Waals surface area (Å²) in [5.41, 5.74) is 2.61. The first-order chi connectivity index (χ1) is 14.0. The highest BCUT2D eigenvalue weighted by Crippen LogP contribution is 2.23. The summed E-state index contributed by atoms with van der Waals surface area (Å²) in [4.78, 5) is -0.349. The van der Waals surface area contributed by atoms with Gasteiger partial charge in [0.25, 0.3) is 10.1 Å². The number of anilines is 1. The number of aliphatic hydroxyl groups excluding tert-OH is 4. The van der Waals surface area contributed by atoms with Crippen molar-refractivity contribution in [2.45, 2.75) is 37.1 Å². The van der Waals surface area contributed by atoms with E-state index in [1.807, 2.05) is 19.9 Å². The highest BCUT2D eigenvalue weighted by atomic mass is 32.2. The van der Waals surface area contributed by atoms with Crippen LogP contribution in [-0.2, 0) is 10.1 Å². The molecule has 0 radical (unpaired) electrons. The Bertz CT molecular complexity index is 997. The summed E-state index contributed by atoms with van der Waals surface area (Å²) in [5, 5.41) is 48.0. The molecule has 0 fully saturated rings. The SMILES string of the molecule is Cc1ccc(N(CC(O)C(O)C(O)CO)N=Nc2cccc(S(=O)(=O)O)c2)cc1C. The van der Waals surface area contributed by atoms with Gasteiger partial charge < -0.3 is 20.4 Å². The van der Waals surface area contributed by atoms with E-state index in [0.29, 0.717) is 5.69 Å². The monoisotopic (exact) mass is 439 g/mol. The van der Waals surface area contributed by atoms with Crippen LogP contribution in [0.5, 0.6) is 0 Å². The van der Waals surface area contributed by atoms with Crippen molar-refractivity contribution < 1.29 is 33.4 Å². The summed E-state index contributed by atoms with van der Waals surface area (Å²) in [5.74, 6) is 0. The average Bonchev–Trinajstić information content (AvgIpc) is 2.71. The molecular weight excluding hydrogens is 414 g/mol. The van der Waals surface area contributed by atoms with Crippen molar-refractivity contribution >= 4 is 21.5 Å². The number of hydrogen-bond acceptors (Lipinski definition) is 8. The van der Waals surface area contributed by atoms with E-state index in [0.717, 1.165) is 17.2 Å². The van der Waals surface area contributed by atoms with Gasteiger partial charge in [0.15, 0.2) is 0 Å². The van der Waals surface area contributed by atoms with Crippen LogP contribution >= 0.6 is 0 Å². The zero-order valence-corrected chi connectivity index (χ0v) is 17.3. The fourth-order valence-electron chi connectivity index (χ4n) is 2.54. The first kappa shape index (κ1) is 23.9. The Hall–Kier alpha value is -2.41. The number of aliphatic hydroxyl groups is 4. The van der Waals surface area contributed by atoms with E-state index in [4.69, 9.17) is 9.66 Å². The molecule has 0 bridgehead atoms. The van der Waals surface area contributed by atoms with E-state index in [-0.39, 0.29) is 17.1 Å².